The predicted molar refractivity (Wildman–Crippen MR) is 84.4 cm³/mol. The minimum Gasteiger partial charge on any atom is -0.454 e. The van der Waals surface area contributed by atoms with Crippen LogP contribution >= 0.6 is 15.9 Å². The maximum absolute atomic E-state index is 11.9. The van der Waals surface area contributed by atoms with Crippen LogP contribution in [-0.2, 0) is 11.3 Å². The van der Waals surface area contributed by atoms with Gasteiger partial charge in [-0.2, -0.15) is 0 Å². The third-order valence-electron chi connectivity index (χ3n) is 3.35. The number of nitrogens with one attached hydrogen (secondary N) is 2. The van der Waals surface area contributed by atoms with Crippen LogP contribution in [0.25, 0.3) is 0 Å². The smallest absolute Gasteiger partial charge is 0.236 e. The van der Waals surface area contributed by atoms with Crippen LogP contribution < -0.4 is 20.1 Å². The molecule has 0 aliphatic carbocycles. The van der Waals surface area contributed by atoms with E-state index in [0.717, 1.165) is 28.0 Å². The lowest BCUT2D eigenvalue weighted by Gasteiger charge is -2.19. The average molecular weight is 357 g/mol. The lowest BCUT2D eigenvalue weighted by molar-refractivity contribution is -0.123. The molecule has 1 heterocycles. The van der Waals surface area contributed by atoms with Crippen molar-refractivity contribution in [1.82, 2.24) is 10.6 Å². The number of carbonyl (C=O) groups excluding carboxylic acids is 1. The first-order valence-corrected chi connectivity index (χ1v) is 7.83. The molecule has 2 N–H and O–H groups in total. The first-order chi connectivity index (χ1) is 10.0. The topological polar surface area (TPSA) is 59.6 Å². The van der Waals surface area contributed by atoms with Crippen molar-refractivity contribution in [3.05, 3.63) is 22.2 Å². The standard InChI is InChI=1S/C15H21BrN2O3/c1-9(2)4-12(15(19)17-3)18-7-10-5-13-14(6-11(10)16)21-8-20-13/h5-6,9,12,18H,4,7-8H2,1-3H3,(H,17,19). The summed E-state index contributed by atoms with van der Waals surface area (Å²) in [5.74, 6) is 1.95. The molecule has 21 heavy (non-hydrogen) atoms. The Morgan fingerprint density at radius 2 is 2.00 bits per heavy atom. The second-order valence-electron chi connectivity index (χ2n) is 5.47. The van der Waals surface area contributed by atoms with Gasteiger partial charge in [0.1, 0.15) is 0 Å². The average Bonchev–Trinajstić information content (AvgIpc) is 2.88. The summed E-state index contributed by atoms with van der Waals surface area (Å²) in [6, 6.07) is 3.64. The van der Waals surface area contributed by atoms with Crippen molar-refractivity contribution < 1.29 is 14.3 Å². The van der Waals surface area contributed by atoms with E-state index in [1.165, 1.54) is 0 Å². The summed E-state index contributed by atoms with van der Waals surface area (Å²) in [6.45, 7) is 5.05. The van der Waals surface area contributed by atoms with Crippen molar-refractivity contribution >= 4 is 21.8 Å². The molecule has 1 aliphatic rings. The highest BCUT2D eigenvalue weighted by Gasteiger charge is 2.20. The number of halogens is 1. The Morgan fingerprint density at radius 1 is 1.33 bits per heavy atom. The highest BCUT2D eigenvalue weighted by molar-refractivity contribution is 9.10. The van der Waals surface area contributed by atoms with Crippen LogP contribution in [0.15, 0.2) is 16.6 Å². The molecule has 0 aromatic heterocycles. The van der Waals surface area contributed by atoms with Crippen LogP contribution in [0, 0.1) is 5.92 Å². The first kappa shape index (κ1) is 16.1. The molecule has 0 bridgehead atoms. The first-order valence-electron chi connectivity index (χ1n) is 7.04. The summed E-state index contributed by atoms with van der Waals surface area (Å²) in [6.07, 6.45) is 0.793. The quantitative estimate of drug-likeness (QED) is 0.821. The molecule has 0 radical (unpaired) electrons. The van der Waals surface area contributed by atoms with Crippen molar-refractivity contribution in [2.75, 3.05) is 13.8 Å². The Kier molecular flexibility index (Phi) is 5.47. The molecule has 0 fully saturated rings. The van der Waals surface area contributed by atoms with E-state index in [9.17, 15) is 4.79 Å². The number of likely N-dealkylation sites (N-methyl/N-ethyl adjacent to an activating group) is 1. The highest BCUT2D eigenvalue weighted by atomic mass is 79.9. The van der Waals surface area contributed by atoms with Crippen LogP contribution in [0.1, 0.15) is 25.8 Å². The molecule has 1 aromatic carbocycles. The summed E-state index contributed by atoms with van der Waals surface area (Å²) in [5.41, 5.74) is 1.04. The molecule has 1 amide bonds. The summed E-state index contributed by atoms with van der Waals surface area (Å²) in [4.78, 5) is 11.9. The molecule has 1 unspecified atom stereocenters. The zero-order valence-electron chi connectivity index (χ0n) is 12.5. The van der Waals surface area contributed by atoms with E-state index in [1.54, 1.807) is 7.05 Å². The number of carbonyl (C=O) groups is 1. The van der Waals surface area contributed by atoms with Gasteiger partial charge < -0.3 is 20.1 Å². The lowest BCUT2D eigenvalue weighted by atomic mass is 10.0. The molecule has 1 aliphatic heterocycles. The molecule has 0 spiro atoms. The second kappa shape index (κ2) is 7.13. The molecular formula is C15H21BrN2O3. The number of hydrogen-bond donors (Lipinski definition) is 2. The van der Waals surface area contributed by atoms with Crippen LogP contribution in [0.3, 0.4) is 0 Å². The van der Waals surface area contributed by atoms with Crippen molar-refractivity contribution in [3.63, 3.8) is 0 Å². The van der Waals surface area contributed by atoms with E-state index in [4.69, 9.17) is 9.47 Å². The van der Waals surface area contributed by atoms with Crippen molar-refractivity contribution in [3.8, 4) is 11.5 Å². The molecule has 1 atom stereocenters. The predicted octanol–water partition coefficient (Wildman–Crippen LogP) is 2.43. The Hall–Kier alpha value is -1.27. The van der Waals surface area contributed by atoms with E-state index in [0.29, 0.717) is 12.5 Å². The van der Waals surface area contributed by atoms with E-state index < -0.39 is 0 Å². The maximum atomic E-state index is 11.9. The minimum atomic E-state index is -0.202. The molecule has 5 nitrogen and oxygen atoms in total. The zero-order chi connectivity index (χ0) is 15.4. The number of amides is 1. The Morgan fingerprint density at radius 3 is 2.62 bits per heavy atom. The van der Waals surface area contributed by atoms with Crippen LogP contribution in [0.5, 0.6) is 11.5 Å². The maximum Gasteiger partial charge on any atom is 0.236 e. The SMILES string of the molecule is CNC(=O)C(CC(C)C)NCc1cc2c(cc1Br)OCO2. The van der Waals surface area contributed by atoms with E-state index in [-0.39, 0.29) is 18.7 Å². The number of fused-ring (bicyclic) bond motifs is 1. The largest absolute Gasteiger partial charge is 0.454 e. The van der Waals surface area contributed by atoms with Gasteiger partial charge in [-0.1, -0.05) is 29.8 Å². The number of ether oxygens (including phenoxy) is 2. The summed E-state index contributed by atoms with van der Waals surface area (Å²) >= 11 is 3.53. The zero-order valence-corrected chi connectivity index (χ0v) is 14.1. The van der Waals surface area contributed by atoms with Crippen molar-refractivity contribution in [2.45, 2.75) is 32.9 Å². The van der Waals surface area contributed by atoms with Gasteiger partial charge in [-0.25, -0.2) is 0 Å². The molecule has 0 saturated carbocycles. The summed E-state index contributed by atoms with van der Waals surface area (Å²) < 4.78 is 11.7. The van der Waals surface area contributed by atoms with E-state index in [2.05, 4.69) is 40.4 Å². The highest BCUT2D eigenvalue weighted by Crippen LogP contribution is 2.36. The summed E-state index contributed by atoms with van der Waals surface area (Å²) in [7, 11) is 1.66. The molecule has 1 aromatic rings. The van der Waals surface area contributed by atoms with Crippen LogP contribution in [-0.4, -0.2) is 25.8 Å². The lowest BCUT2D eigenvalue weighted by Crippen LogP contribution is -2.43. The summed E-state index contributed by atoms with van der Waals surface area (Å²) in [5, 5.41) is 6.02. The van der Waals surface area contributed by atoms with Crippen LogP contribution in [0.4, 0.5) is 0 Å². The van der Waals surface area contributed by atoms with Gasteiger partial charge >= 0.3 is 0 Å². The molecule has 2 rings (SSSR count). The molecule has 0 saturated heterocycles. The van der Waals surface area contributed by atoms with Gasteiger partial charge in [0.15, 0.2) is 11.5 Å². The number of benzene rings is 1. The normalized spacial score (nSPS) is 14.3. The minimum absolute atomic E-state index is 0.0144. The third kappa shape index (κ3) is 4.11. The van der Waals surface area contributed by atoms with Crippen molar-refractivity contribution in [1.29, 1.82) is 0 Å². The van der Waals surface area contributed by atoms with Gasteiger partial charge in [0.25, 0.3) is 0 Å². The van der Waals surface area contributed by atoms with E-state index >= 15 is 0 Å². The van der Waals surface area contributed by atoms with Gasteiger partial charge in [-0.05, 0) is 30.0 Å². The fourth-order valence-electron chi connectivity index (χ4n) is 2.26. The second-order valence-corrected chi connectivity index (χ2v) is 6.33. The number of rotatable bonds is 6. The molecular weight excluding hydrogens is 336 g/mol. The number of hydrogen-bond acceptors (Lipinski definition) is 4. The van der Waals surface area contributed by atoms with Gasteiger partial charge in [0.05, 0.1) is 6.04 Å². The van der Waals surface area contributed by atoms with Gasteiger partial charge in [0.2, 0.25) is 12.7 Å². The fourth-order valence-corrected chi connectivity index (χ4v) is 2.72. The Bertz CT molecular complexity index is 520. The van der Waals surface area contributed by atoms with Gasteiger partial charge in [-0.3, -0.25) is 4.79 Å². The molecule has 6 heteroatoms. The van der Waals surface area contributed by atoms with Crippen LogP contribution in [0.2, 0.25) is 0 Å². The monoisotopic (exact) mass is 356 g/mol. The Balaban J connectivity index is 2.05. The fraction of sp³-hybridized carbons (Fsp3) is 0.533. The Labute approximate surface area is 133 Å². The molecule has 116 valence electrons. The van der Waals surface area contributed by atoms with Gasteiger partial charge in [0, 0.05) is 18.1 Å². The van der Waals surface area contributed by atoms with Gasteiger partial charge in [-0.15, -0.1) is 0 Å². The third-order valence-corrected chi connectivity index (χ3v) is 4.09. The van der Waals surface area contributed by atoms with Crippen molar-refractivity contribution in [2.24, 2.45) is 5.92 Å². The van der Waals surface area contributed by atoms with E-state index in [1.807, 2.05) is 12.1 Å².